The van der Waals surface area contributed by atoms with E-state index >= 15 is 0 Å². The molecule has 1 saturated heterocycles. The van der Waals surface area contributed by atoms with E-state index in [9.17, 15) is 9.59 Å². The number of hydrogen-bond acceptors (Lipinski definition) is 6. The second-order valence-corrected chi connectivity index (χ2v) is 6.89. The van der Waals surface area contributed by atoms with Gasteiger partial charge in [0.15, 0.2) is 5.13 Å². The van der Waals surface area contributed by atoms with Crippen molar-refractivity contribution in [2.75, 3.05) is 38.1 Å². The summed E-state index contributed by atoms with van der Waals surface area (Å²) in [5, 5.41) is 5.24. The van der Waals surface area contributed by atoms with Crippen molar-refractivity contribution in [2.45, 2.75) is 26.8 Å². The summed E-state index contributed by atoms with van der Waals surface area (Å²) in [6.07, 6.45) is 1.39. The molecule has 1 atom stereocenters. The van der Waals surface area contributed by atoms with E-state index in [2.05, 4.69) is 15.2 Å². The zero-order valence-corrected chi connectivity index (χ0v) is 14.6. The van der Waals surface area contributed by atoms with Crippen LogP contribution >= 0.6 is 11.3 Å². The number of thiazole rings is 1. The Morgan fingerprint density at radius 3 is 2.57 bits per heavy atom. The van der Waals surface area contributed by atoms with Crippen molar-refractivity contribution in [2.24, 2.45) is 5.92 Å². The molecule has 0 aromatic carbocycles. The van der Waals surface area contributed by atoms with Crippen LogP contribution in [0.2, 0.25) is 0 Å². The number of piperazine rings is 1. The zero-order valence-electron chi connectivity index (χ0n) is 13.8. The van der Waals surface area contributed by atoms with Crippen LogP contribution in [-0.2, 0) is 9.53 Å². The molecular formula is C15H24N4O3S. The number of hydrogen-bond donors (Lipinski definition) is 1. The minimum atomic E-state index is -0.266. The van der Waals surface area contributed by atoms with E-state index in [-0.39, 0.29) is 18.0 Å². The number of carbonyl (C=O) groups is 2. The van der Waals surface area contributed by atoms with E-state index in [4.69, 9.17) is 4.74 Å². The number of aromatic nitrogens is 1. The van der Waals surface area contributed by atoms with Crippen LogP contribution in [0.15, 0.2) is 11.6 Å². The number of carbonyl (C=O) groups excluding carboxylic acids is 2. The molecule has 23 heavy (non-hydrogen) atoms. The Morgan fingerprint density at radius 2 is 2.00 bits per heavy atom. The van der Waals surface area contributed by atoms with E-state index in [1.807, 2.05) is 26.2 Å². The Bertz CT molecular complexity index is 513. The van der Waals surface area contributed by atoms with E-state index in [0.717, 1.165) is 0 Å². The minimum absolute atomic E-state index is 0.0733. The van der Waals surface area contributed by atoms with Crippen LogP contribution in [0.5, 0.6) is 0 Å². The Kier molecular flexibility index (Phi) is 6.35. The van der Waals surface area contributed by atoms with Crippen molar-refractivity contribution >= 4 is 28.5 Å². The lowest BCUT2D eigenvalue weighted by Crippen LogP contribution is -2.54. The van der Waals surface area contributed by atoms with Crippen LogP contribution in [0.4, 0.5) is 9.93 Å². The average molecular weight is 340 g/mol. The molecule has 2 amide bonds. The molecule has 1 aromatic heterocycles. The fraction of sp³-hybridized carbons (Fsp3) is 0.667. The summed E-state index contributed by atoms with van der Waals surface area (Å²) in [7, 11) is 0. The molecule has 1 fully saturated rings. The van der Waals surface area contributed by atoms with Crippen molar-refractivity contribution in [3.8, 4) is 0 Å². The van der Waals surface area contributed by atoms with Crippen molar-refractivity contribution in [3.63, 3.8) is 0 Å². The van der Waals surface area contributed by atoms with Gasteiger partial charge in [-0.2, -0.15) is 0 Å². The highest BCUT2D eigenvalue weighted by Gasteiger charge is 2.28. The third-order valence-corrected chi connectivity index (χ3v) is 4.39. The van der Waals surface area contributed by atoms with Gasteiger partial charge in [-0.25, -0.2) is 9.78 Å². The fourth-order valence-electron chi connectivity index (χ4n) is 2.28. The summed E-state index contributed by atoms with van der Waals surface area (Å²) >= 11 is 1.40. The van der Waals surface area contributed by atoms with Crippen LogP contribution in [0.1, 0.15) is 20.8 Å². The highest BCUT2D eigenvalue weighted by Crippen LogP contribution is 2.13. The quantitative estimate of drug-likeness (QED) is 0.886. The van der Waals surface area contributed by atoms with Crippen LogP contribution in [0.25, 0.3) is 0 Å². The molecule has 0 aliphatic carbocycles. The van der Waals surface area contributed by atoms with Crippen molar-refractivity contribution < 1.29 is 14.3 Å². The van der Waals surface area contributed by atoms with Crippen LogP contribution in [-0.4, -0.2) is 65.6 Å². The lowest BCUT2D eigenvalue weighted by Gasteiger charge is -2.36. The van der Waals surface area contributed by atoms with Gasteiger partial charge in [-0.15, -0.1) is 11.3 Å². The SMILES string of the molecule is CC(C)COC(=O)N1CCN([C@@H](C)C(=O)Nc2nccs2)CC1. The summed E-state index contributed by atoms with van der Waals surface area (Å²) in [6, 6.07) is -0.257. The Hall–Kier alpha value is -1.67. The molecule has 1 aliphatic rings. The predicted octanol–water partition coefficient (Wildman–Crippen LogP) is 1.88. The van der Waals surface area contributed by atoms with Crippen molar-refractivity contribution in [3.05, 3.63) is 11.6 Å². The normalized spacial score (nSPS) is 17.1. The molecule has 0 unspecified atom stereocenters. The van der Waals surface area contributed by atoms with Gasteiger partial charge in [0.25, 0.3) is 0 Å². The number of ether oxygens (including phenoxy) is 1. The van der Waals surface area contributed by atoms with Gasteiger partial charge >= 0.3 is 6.09 Å². The standard InChI is InChI=1S/C15H24N4O3S/c1-11(2)10-22-15(21)19-7-5-18(6-8-19)12(3)13(20)17-14-16-4-9-23-14/h4,9,11-12H,5-8,10H2,1-3H3,(H,16,17,20)/t12-/m0/s1. The van der Waals surface area contributed by atoms with Gasteiger partial charge in [-0.05, 0) is 12.8 Å². The van der Waals surface area contributed by atoms with Gasteiger partial charge in [0, 0.05) is 37.8 Å². The highest BCUT2D eigenvalue weighted by molar-refractivity contribution is 7.13. The summed E-state index contributed by atoms with van der Waals surface area (Å²) in [6.45, 7) is 8.79. The molecule has 2 heterocycles. The summed E-state index contributed by atoms with van der Waals surface area (Å²) in [4.78, 5) is 32.0. The van der Waals surface area contributed by atoms with Crippen LogP contribution in [0, 0.1) is 5.92 Å². The van der Waals surface area contributed by atoms with E-state index in [1.54, 1.807) is 11.1 Å². The Morgan fingerprint density at radius 1 is 1.30 bits per heavy atom. The van der Waals surface area contributed by atoms with E-state index in [0.29, 0.717) is 43.8 Å². The second kappa shape index (κ2) is 8.26. The second-order valence-electron chi connectivity index (χ2n) is 6.00. The van der Waals surface area contributed by atoms with Gasteiger partial charge < -0.3 is 15.0 Å². The molecule has 0 bridgehead atoms. The van der Waals surface area contributed by atoms with Crippen molar-refractivity contribution in [1.82, 2.24) is 14.8 Å². The van der Waals surface area contributed by atoms with Gasteiger partial charge in [0.2, 0.25) is 5.91 Å². The van der Waals surface area contributed by atoms with E-state index in [1.165, 1.54) is 11.3 Å². The lowest BCUT2D eigenvalue weighted by molar-refractivity contribution is -0.121. The summed E-state index contributed by atoms with van der Waals surface area (Å²) < 4.78 is 5.24. The molecule has 0 radical (unpaired) electrons. The fourth-order valence-corrected chi connectivity index (χ4v) is 2.81. The molecule has 1 N–H and O–H groups in total. The van der Waals surface area contributed by atoms with Gasteiger partial charge in [0.1, 0.15) is 0 Å². The number of rotatable bonds is 5. The first-order valence-corrected chi connectivity index (χ1v) is 8.71. The number of nitrogens with zero attached hydrogens (tertiary/aromatic N) is 3. The van der Waals surface area contributed by atoms with Gasteiger partial charge in [0.05, 0.1) is 12.6 Å². The summed E-state index contributed by atoms with van der Waals surface area (Å²) in [5.41, 5.74) is 0. The maximum Gasteiger partial charge on any atom is 0.409 e. The Labute approximate surface area is 140 Å². The minimum Gasteiger partial charge on any atom is -0.449 e. The first kappa shape index (κ1) is 17.7. The number of nitrogens with one attached hydrogen (secondary N) is 1. The topological polar surface area (TPSA) is 74.8 Å². The van der Waals surface area contributed by atoms with Crippen molar-refractivity contribution in [1.29, 1.82) is 0 Å². The predicted molar refractivity (Wildman–Crippen MR) is 89.5 cm³/mol. The molecule has 0 saturated carbocycles. The molecule has 128 valence electrons. The lowest BCUT2D eigenvalue weighted by atomic mass is 10.2. The van der Waals surface area contributed by atoms with Gasteiger partial charge in [-0.3, -0.25) is 9.69 Å². The average Bonchev–Trinajstić information content (AvgIpc) is 3.05. The molecule has 0 spiro atoms. The molecule has 8 heteroatoms. The Balaban J connectivity index is 1.77. The molecule has 2 rings (SSSR count). The first-order valence-electron chi connectivity index (χ1n) is 7.83. The first-order chi connectivity index (χ1) is 11.0. The van der Waals surface area contributed by atoms with Crippen LogP contribution in [0.3, 0.4) is 0 Å². The van der Waals surface area contributed by atoms with Gasteiger partial charge in [-0.1, -0.05) is 13.8 Å². The summed E-state index contributed by atoms with van der Waals surface area (Å²) in [5.74, 6) is 0.255. The molecular weight excluding hydrogens is 316 g/mol. The maximum atomic E-state index is 12.2. The zero-order chi connectivity index (χ0) is 16.8. The third kappa shape index (κ3) is 5.18. The maximum absolute atomic E-state index is 12.2. The monoisotopic (exact) mass is 340 g/mol. The third-order valence-electron chi connectivity index (χ3n) is 3.70. The largest absolute Gasteiger partial charge is 0.449 e. The van der Waals surface area contributed by atoms with E-state index < -0.39 is 0 Å². The number of anilines is 1. The smallest absolute Gasteiger partial charge is 0.409 e. The molecule has 1 aromatic rings. The highest BCUT2D eigenvalue weighted by atomic mass is 32.1. The molecule has 7 nitrogen and oxygen atoms in total. The van der Waals surface area contributed by atoms with Crippen LogP contribution < -0.4 is 5.32 Å². The number of amides is 2. The molecule has 1 aliphatic heterocycles.